The summed E-state index contributed by atoms with van der Waals surface area (Å²) < 4.78 is 40.7. The number of nitrogens with one attached hydrogen (secondary N) is 2. The molecular weight excluding hydrogens is 495 g/mol. The molecular formula is C26H21FN6O3S. The first-order valence-corrected chi connectivity index (χ1v) is 12.8. The number of rotatable bonds is 7. The first kappa shape index (κ1) is 25.4. The Morgan fingerprint density at radius 1 is 1.16 bits per heavy atom. The fraction of sp³-hybridized carbons (Fsp3) is 0.0769. The third-order valence-corrected chi connectivity index (χ3v) is 6.78. The van der Waals surface area contributed by atoms with Gasteiger partial charge in [-0.1, -0.05) is 42.5 Å². The van der Waals surface area contributed by atoms with Gasteiger partial charge in [-0.25, -0.2) is 17.8 Å². The zero-order valence-corrected chi connectivity index (χ0v) is 20.4. The third kappa shape index (κ3) is 5.02. The standard InChI is InChI=1S/C26H21FN6O3S/c1-37(35,36)23-9-5-3-7-18(23)16-10-11-22(19(27)12-16)33-15-31-24(20(30)14-29)25(26(33)34)32-21-8-4-2-6-17(21)13-28/h2-12,15,30,32H,13,28H2,1H3. The van der Waals surface area contributed by atoms with Crippen LogP contribution in [0.2, 0.25) is 0 Å². The molecule has 0 saturated carbocycles. The molecule has 4 N–H and O–H groups in total. The summed E-state index contributed by atoms with van der Waals surface area (Å²) in [6, 6.07) is 18.8. The highest BCUT2D eigenvalue weighted by Crippen LogP contribution is 2.29. The van der Waals surface area contributed by atoms with E-state index in [0.29, 0.717) is 22.4 Å². The van der Waals surface area contributed by atoms with Crippen molar-refractivity contribution in [1.29, 1.82) is 10.7 Å². The van der Waals surface area contributed by atoms with Crippen molar-refractivity contribution >= 4 is 26.9 Å². The van der Waals surface area contributed by atoms with Crippen molar-refractivity contribution in [3.05, 3.63) is 100 Å². The molecule has 186 valence electrons. The van der Waals surface area contributed by atoms with Gasteiger partial charge in [0.1, 0.15) is 29.6 Å². The number of nitriles is 1. The van der Waals surface area contributed by atoms with Crippen LogP contribution in [0.4, 0.5) is 15.8 Å². The molecule has 3 aromatic carbocycles. The topological polar surface area (TPSA) is 155 Å². The summed E-state index contributed by atoms with van der Waals surface area (Å²) in [7, 11) is -3.57. The minimum atomic E-state index is -3.57. The van der Waals surface area contributed by atoms with Gasteiger partial charge in [-0.2, -0.15) is 5.26 Å². The normalized spacial score (nSPS) is 11.1. The Kier molecular flexibility index (Phi) is 6.97. The lowest BCUT2D eigenvalue weighted by Gasteiger charge is -2.15. The fourth-order valence-corrected chi connectivity index (χ4v) is 4.75. The SMILES string of the molecule is CS(=O)(=O)c1ccccc1-c1ccc(-n2cnc(C(=N)C#N)c(Nc3ccccc3CN)c2=O)c(F)c1. The van der Waals surface area contributed by atoms with E-state index in [9.17, 15) is 18.5 Å². The molecule has 4 aromatic rings. The molecule has 0 saturated heterocycles. The monoisotopic (exact) mass is 516 g/mol. The molecule has 0 bridgehead atoms. The maximum Gasteiger partial charge on any atom is 0.282 e. The number of benzene rings is 3. The van der Waals surface area contributed by atoms with Crippen molar-refractivity contribution in [3.63, 3.8) is 0 Å². The zero-order valence-electron chi connectivity index (χ0n) is 19.6. The molecule has 0 amide bonds. The molecule has 1 heterocycles. The second-order valence-corrected chi connectivity index (χ2v) is 10.0. The third-order valence-electron chi connectivity index (χ3n) is 5.62. The van der Waals surface area contributed by atoms with Crippen LogP contribution in [0.5, 0.6) is 0 Å². The lowest BCUT2D eigenvalue weighted by atomic mass is 10.0. The Hall–Kier alpha value is -4.66. The number of hydrogen-bond acceptors (Lipinski definition) is 8. The number of para-hydroxylation sites is 1. The number of anilines is 2. The van der Waals surface area contributed by atoms with Crippen molar-refractivity contribution < 1.29 is 12.8 Å². The van der Waals surface area contributed by atoms with Crippen molar-refractivity contribution in [3.8, 4) is 22.9 Å². The van der Waals surface area contributed by atoms with Gasteiger partial charge in [0, 0.05) is 24.1 Å². The van der Waals surface area contributed by atoms with Crippen LogP contribution in [0.25, 0.3) is 16.8 Å². The van der Waals surface area contributed by atoms with Crippen molar-refractivity contribution in [1.82, 2.24) is 9.55 Å². The van der Waals surface area contributed by atoms with Gasteiger partial charge in [-0.15, -0.1) is 0 Å². The van der Waals surface area contributed by atoms with E-state index < -0.39 is 26.9 Å². The maximum absolute atomic E-state index is 15.4. The lowest BCUT2D eigenvalue weighted by Crippen LogP contribution is -2.26. The van der Waals surface area contributed by atoms with Crippen LogP contribution >= 0.6 is 0 Å². The van der Waals surface area contributed by atoms with Gasteiger partial charge < -0.3 is 11.1 Å². The quantitative estimate of drug-likeness (QED) is 0.317. The molecule has 11 heteroatoms. The number of sulfone groups is 1. The van der Waals surface area contributed by atoms with E-state index in [1.54, 1.807) is 48.5 Å². The number of nitrogens with two attached hydrogens (primary N) is 1. The van der Waals surface area contributed by atoms with Crippen molar-refractivity contribution in [2.75, 3.05) is 11.6 Å². The highest BCUT2D eigenvalue weighted by Gasteiger charge is 2.20. The summed E-state index contributed by atoms with van der Waals surface area (Å²) >= 11 is 0. The fourth-order valence-electron chi connectivity index (χ4n) is 3.83. The van der Waals surface area contributed by atoms with Gasteiger partial charge >= 0.3 is 0 Å². The van der Waals surface area contributed by atoms with E-state index in [2.05, 4.69) is 10.3 Å². The lowest BCUT2D eigenvalue weighted by molar-refractivity contribution is 0.602. The molecule has 9 nitrogen and oxygen atoms in total. The number of aromatic nitrogens is 2. The first-order valence-electron chi connectivity index (χ1n) is 10.9. The molecule has 0 aliphatic carbocycles. The Morgan fingerprint density at radius 3 is 2.54 bits per heavy atom. The van der Waals surface area contributed by atoms with Crippen LogP contribution in [0.15, 0.2) is 82.7 Å². The molecule has 0 radical (unpaired) electrons. The molecule has 0 spiro atoms. The van der Waals surface area contributed by atoms with Gasteiger partial charge in [0.2, 0.25) is 0 Å². The molecule has 37 heavy (non-hydrogen) atoms. The number of hydrogen-bond donors (Lipinski definition) is 3. The van der Waals surface area contributed by atoms with Crippen molar-refractivity contribution in [2.24, 2.45) is 5.73 Å². The predicted molar refractivity (Wildman–Crippen MR) is 138 cm³/mol. The number of nitrogens with zero attached hydrogens (tertiary/aromatic N) is 3. The largest absolute Gasteiger partial charge is 0.349 e. The molecule has 1 aromatic heterocycles. The Balaban J connectivity index is 1.86. The summed E-state index contributed by atoms with van der Waals surface area (Å²) in [6.07, 6.45) is 2.10. The van der Waals surface area contributed by atoms with Crippen LogP contribution in [-0.4, -0.2) is 29.9 Å². The smallest absolute Gasteiger partial charge is 0.282 e. The van der Waals surface area contributed by atoms with Crippen LogP contribution in [-0.2, 0) is 16.4 Å². The van der Waals surface area contributed by atoms with Crippen molar-refractivity contribution in [2.45, 2.75) is 11.4 Å². The van der Waals surface area contributed by atoms with Crippen LogP contribution in [0.3, 0.4) is 0 Å². The van der Waals surface area contributed by atoms with Crippen LogP contribution < -0.4 is 16.6 Å². The second kappa shape index (κ2) is 10.1. The highest BCUT2D eigenvalue weighted by molar-refractivity contribution is 7.90. The minimum Gasteiger partial charge on any atom is -0.349 e. The Labute approximate surface area is 212 Å². The van der Waals surface area contributed by atoms with Gasteiger partial charge in [-0.3, -0.25) is 14.8 Å². The second-order valence-electron chi connectivity index (χ2n) is 8.05. The van der Waals surface area contributed by atoms with E-state index in [1.807, 2.05) is 0 Å². The van der Waals surface area contributed by atoms with E-state index in [0.717, 1.165) is 23.2 Å². The number of halogens is 1. The Morgan fingerprint density at radius 2 is 1.86 bits per heavy atom. The molecule has 0 aliphatic rings. The molecule has 4 rings (SSSR count). The van der Waals surface area contributed by atoms with Crippen LogP contribution in [0.1, 0.15) is 11.3 Å². The molecule has 0 fully saturated rings. The van der Waals surface area contributed by atoms with E-state index in [1.165, 1.54) is 18.2 Å². The van der Waals surface area contributed by atoms with E-state index in [4.69, 9.17) is 11.1 Å². The van der Waals surface area contributed by atoms with E-state index >= 15 is 4.39 Å². The van der Waals surface area contributed by atoms with Gasteiger partial charge in [0.25, 0.3) is 5.56 Å². The average molecular weight is 517 g/mol. The predicted octanol–water partition coefficient (Wildman–Crippen LogP) is 3.54. The summed E-state index contributed by atoms with van der Waals surface area (Å²) in [5.41, 5.74) is 5.72. The zero-order chi connectivity index (χ0) is 26.7. The average Bonchev–Trinajstić information content (AvgIpc) is 2.89. The molecule has 0 unspecified atom stereocenters. The highest BCUT2D eigenvalue weighted by atomic mass is 32.2. The summed E-state index contributed by atoms with van der Waals surface area (Å²) in [4.78, 5) is 17.6. The summed E-state index contributed by atoms with van der Waals surface area (Å²) in [5, 5.41) is 20.1. The summed E-state index contributed by atoms with van der Waals surface area (Å²) in [6.45, 7) is 0.160. The summed E-state index contributed by atoms with van der Waals surface area (Å²) in [5.74, 6) is -0.805. The molecule has 0 aliphatic heterocycles. The van der Waals surface area contributed by atoms with E-state index in [-0.39, 0.29) is 28.5 Å². The van der Waals surface area contributed by atoms with Crippen LogP contribution in [0, 0.1) is 22.6 Å². The van der Waals surface area contributed by atoms with Gasteiger partial charge in [-0.05, 0) is 35.4 Å². The Bertz CT molecular complexity index is 1740. The van der Waals surface area contributed by atoms with Gasteiger partial charge in [0.05, 0.1) is 10.6 Å². The maximum atomic E-state index is 15.4. The van der Waals surface area contributed by atoms with Gasteiger partial charge in [0.15, 0.2) is 15.5 Å². The molecule has 0 atom stereocenters. The minimum absolute atomic E-state index is 0.0467. The first-order chi connectivity index (χ1) is 17.7.